The number of thioether (sulfide) groups is 1. The van der Waals surface area contributed by atoms with Crippen LogP contribution in [0.1, 0.15) is 5.56 Å². The molecule has 2 aromatic rings. The van der Waals surface area contributed by atoms with E-state index in [1.54, 1.807) is 30.3 Å². The Morgan fingerprint density at radius 3 is 2.48 bits per heavy atom. The molecule has 4 rings (SSSR count). The third-order valence-corrected chi connectivity index (χ3v) is 8.07. The first kappa shape index (κ1) is 21.7. The van der Waals surface area contributed by atoms with Crippen molar-refractivity contribution >= 4 is 38.4 Å². The molecule has 2 saturated heterocycles. The Labute approximate surface area is 181 Å². The normalized spacial score (nSPS) is 23.7. The highest BCUT2D eigenvalue weighted by molar-refractivity contribution is 8.16. The molecule has 6 nitrogen and oxygen atoms in total. The minimum Gasteiger partial charge on any atom is -0.484 e. The lowest BCUT2D eigenvalue weighted by atomic mass is 10.1. The predicted octanol–water partition coefficient (Wildman–Crippen LogP) is 3.39. The maximum absolute atomic E-state index is 13.6. The van der Waals surface area contributed by atoms with Crippen molar-refractivity contribution in [2.75, 3.05) is 23.0 Å². The number of nitrogens with zero attached hydrogens (tertiary/aromatic N) is 2. The van der Waals surface area contributed by atoms with E-state index in [2.05, 4.69) is 4.99 Å². The van der Waals surface area contributed by atoms with Crippen LogP contribution in [0.5, 0.6) is 5.75 Å². The van der Waals surface area contributed by atoms with Gasteiger partial charge in [-0.25, -0.2) is 8.42 Å². The summed E-state index contributed by atoms with van der Waals surface area (Å²) in [7, 11) is -3.40. The molecule has 2 aromatic carbocycles. The van der Waals surface area contributed by atoms with Crippen molar-refractivity contribution in [3.63, 3.8) is 0 Å². The third-order valence-electron chi connectivity index (χ3n) is 4.86. The van der Waals surface area contributed by atoms with Crippen molar-refractivity contribution < 1.29 is 31.1 Å². The van der Waals surface area contributed by atoms with Crippen LogP contribution >= 0.6 is 11.8 Å². The molecule has 0 saturated carbocycles. The molecule has 2 aliphatic rings. The molecule has 164 valence electrons. The number of sulfone groups is 1. The number of carbonyl (C=O) groups is 1. The third kappa shape index (κ3) is 4.72. The molecule has 2 fully saturated rings. The number of fused-ring (bicyclic) bond motifs is 1. The second kappa shape index (κ2) is 8.19. The Balaban J connectivity index is 1.66. The molecule has 0 aromatic heterocycles. The largest absolute Gasteiger partial charge is 0.484 e. The number of anilines is 1. The van der Waals surface area contributed by atoms with Gasteiger partial charge in [0.2, 0.25) is 0 Å². The van der Waals surface area contributed by atoms with E-state index in [0.717, 1.165) is 17.8 Å². The summed E-state index contributed by atoms with van der Waals surface area (Å²) < 4.78 is 70.4. The fourth-order valence-electron chi connectivity index (χ4n) is 3.57. The summed E-state index contributed by atoms with van der Waals surface area (Å²) in [5, 5.41) is -0.462. The monoisotopic (exact) mass is 470 g/mol. The zero-order chi connectivity index (χ0) is 22.2. The van der Waals surface area contributed by atoms with E-state index in [9.17, 15) is 26.4 Å². The molecular weight excluding hydrogens is 453 g/mol. The number of amidine groups is 1. The van der Waals surface area contributed by atoms with Gasteiger partial charge < -0.3 is 9.64 Å². The number of halogens is 3. The number of carbonyl (C=O) groups excluding carboxylic acids is 1. The molecule has 2 aliphatic heterocycles. The van der Waals surface area contributed by atoms with Crippen LogP contribution in [-0.4, -0.2) is 48.9 Å². The second-order valence-corrected chi connectivity index (χ2v) is 10.4. The number of hydrogen-bond acceptors (Lipinski definition) is 5. The van der Waals surface area contributed by atoms with Gasteiger partial charge in [-0.05, 0) is 24.3 Å². The van der Waals surface area contributed by atoms with Crippen molar-refractivity contribution in [2.45, 2.75) is 17.5 Å². The lowest BCUT2D eigenvalue weighted by molar-refractivity contribution is -0.137. The number of amides is 1. The molecule has 0 spiro atoms. The van der Waals surface area contributed by atoms with Crippen molar-refractivity contribution in [3.05, 3.63) is 60.2 Å². The molecule has 2 heterocycles. The lowest BCUT2D eigenvalue weighted by Crippen LogP contribution is -2.39. The summed E-state index contributed by atoms with van der Waals surface area (Å²) in [4.78, 5) is 17.6. The molecule has 0 unspecified atom stereocenters. The van der Waals surface area contributed by atoms with E-state index in [4.69, 9.17) is 4.74 Å². The van der Waals surface area contributed by atoms with E-state index in [0.29, 0.717) is 5.75 Å². The second-order valence-electron chi connectivity index (χ2n) is 7.08. The number of rotatable bonds is 4. The number of hydrogen-bond donors (Lipinski definition) is 0. The Kier molecular flexibility index (Phi) is 5.73. The molecule has 2 atom stereocenters. The molecular formula is C20H17F3N2O4S2. The minimum absolute atomic E-state index is 0.0447. The van der Waals surface area contributed by atoms with Crippen molar-refractivity contribution in [3.8, 4) is 5.75 Å². The van der Waals surface area contributed by atoms with Gasteiger partial charge in [0.05, 0.1) is 28.8 Å². The summed E-state index contributed by atoms with van der Waals surface area (Å²) in [6.45, 7) is -0.392. The first-order valence-electron chi connectivity index (χ1n) is 9.26. The van der Waals surface area contributed by atoms with E-state index in [1.165, 1.54) is 23.1 Å². The Morgan fingerprint density at radius 2 is 1.77 bits per heavy atom. The average Bonchev–Trinajstić information content (AvgIpc) is 3.17. The number of aliphatic imine (C=N–C) groups is 1. The van der Waals surface area contributed by atoms with Crippen LogP contribution in [0.2, 0.25) is 0 Å². The summed E-state index contributed by atoms with van der Waals surface area (Å²) >= 11 is 1.01. The van der Waals surface area contributed by atoms with E-state index >= 15 is 0 Å². The summed E-state index contributed by atoms with van der Waals surface area (Å²) in [6.07, 6.45) is -4.65. The zero-order valence-corrected chi connectivity index (χ0v) is 17.6. The molecule has 0 radical (unpaired) electrons. The Hall–Kier alpha value is -2.53. The van der Waals surface area contributed by atoms with Crippen LogP contribution in [0.4, 0.5) is 18.9 Å². The molecule has 31 heavy (non-hydrogen) atoms. The van der Waals surface area contributed by atoms with Crippen LogP contribution in [0.3, 0.4) is 0 Å². The van der Waals surface area contributed by atoms with Crippen molar-refractivity contribution in [1.82, 2.24) is 0 Å². The van der Waals surface area contributed by atoms with Crippen LogP contribution in [0, 0.1) is 0 Å². The van der Waals surface area contributed by atoms with Crippen LogP contribution in [-0.2, 0) is 20.8 Å². The molecule has 0 aliphatic carbocycles. The minimum atomic E-state index is -4.65. The average molecular weight is 470 g/mol. The maximum Gasteiger partial charge on any atom is 0.418 e. The Morgan fingerprint density at radius 1 is 1.10 bits per heavy atom. The van der Waals surface area contributed by atoms with Crippen LogP contribution < -0.4 is 9.64 Å². The molecule has 11 heteroatoms. The fraction of sp³-hybridized carbons (Fsp3) is 0.300. The van der Waals surface area contributed by atoms with Crippen LogP contribution in [0.25, 0.3) is 0 Å². The Bertz CT molecular complexity index is 1120. The van der Waals surface area contributed by atoms with E-state index < -0.39 is 45.4 Å². The van der Waals surface area contributed by atoms with Gasteiger partial charge in [-0.15, -0.1) is 0 Å². The quantitative estimate of drug-likeness (QED) is 0.682. The van der Waals surface area contributed by atoms with E-state index in [1.807, 2.05) is 0 Å². The number of para-hydroxylation sites is 2. The zero-order valence-electron chi connectivity index (χ0n) is 15.9. The topological polar surface area (TPSA) is 76.0 Å². The van der Waals surface area contributed by atoms with Crippen molar-refractivity contribution in [2.24, 2.45) is 4.99 Å². The highest BCUT2D eigenvalue weighted by atomic mass is 32.2. The summed E-state index contributed by atoms with van der Waals surface area (Å²) in [5.74, 6) is -0.702. The number of ether oxygens (including phenoxy) is 1. The summed E-state index contributed by atoms with van der Waals surface area (Å²) in [5.41, 5.74) is -1.14. The first-order valence-corrected chi connectivity index (χ1v) is 12.0. The van der Waals surface area contributed by atoms with Gasteiger partial charge in [0.25, 0.3) is 5.91 Å². The van der Waals surface area contributed by atoms with Gasteiger partial charge in [0.15, 0.2) is 21.6 Å². The molecule has 0 N–H and O–H groups in total. The molecule has 0 bridgehead atoms. The SMILES string of the molecule is O=C(COc1ccccc1)N=C1S[C@@H]2CS(=O)(=O)C[C@H]2N1c1ccccc1C(F)(F)F. The van der Waals surface area contributed by atoms with Gasteiger partial charge in [0, 0.05) is 5.25 Å². The van der Waals surface area contributed by atoms with Gasteiger partial charge in [-0.3, -0.25) is 4.79 Å². The first-order chi connectivity index (χ1) is 14.6. The van der Waals surface area contributed by atoms with Gasteiger partial charge in [0.1, 0.15) is 5.75 Å². The van der Waals surface area contributed by atoms with E-state index in [-0.39, 0.29) is 22.4 Å². The van der Waals surface area contributed by atoms with Crippen molar-refractivity contribution in [1.29, 1.82) is 0 Å². The number of alkyl halides is 3. The summed E-state index contributed by atoms with van der Waals surface area (Å²) in [6, 6.07) is 12.7. The fourth-order valence-corrected chi connectivity index (χ4v) is 7.49. The standard InChI is InChI=1S/C20H17F3N2O4S2/c21-20(22,23)14-8-4-5-9-15(14)25-16-11-31(27,28)12-17(16)30-19(25)24-18(26)10-29-13-6-2-1-3-7-13/h1-9,16-17H,10-12H2/t16-,17-/m1/s1. The highest BCUT2D eigenvalue weighted by Gasteiger charge is 2.51. The predicted molar refractivity (Wildman–Crippen MR) is 112 cm³/mol. The maximum atomic E-state index is 13.6. The van der Waals surface area contributed by atoms with Gasteiger partial charge >= 0.3 is 6.18 Å². The van der Waals surface area contributed by atoms with Gasteiger partial charge in [-0.2, -0.15) is 18.2 Å². The molecule has 1 amide bonds. The smallest absolute Gasteiger partial charge is 0.418 e. The van der Waals surface area contributed by atoms with Gasteiger partial charge in [-0.1, -0.05) is 42.1 Å². The van der Waals surface area contributed by atoms with Crippen LogP contribution in [0.15, 0.2) is 59.6 Å². The number of benzene rings is 2. The lowest BCUT2D eigenvalue weighted by Gasteiger charge is -2.27. The highest BCUT2D eigenvalue weighted by Crippen LogP contribution is 2.45.